The molecule has 2 N–H and O–H groups in total. The molecule has 2 aromatic heterocycles. The molecule has 0 unspecified atom stereocenters. The zero-order valence-electron chi connectivity index (χ0n) is 13.0. The van der Waals surface area contributed by atoms with Crippen LogP contribution in [0.1, 0.15) is 5.56 Å². The zero-order chi connectivity index (χ0) is 16.5. The summed E-state index contributed by atoms with van der Waals surface area (Å²) in [6, 6.07) is 26.4. The van der Waals surface area contributed by atoms with Crippen LogP contribution in [0.3, 0.4) is 0 Å². The maximum atomic E-state index is 9.60. The van der Waals surface area contributed by atoms with Gasteiger partial charge < -0.3 is 10.1 Å². The van der Waals surface area contributed by atoms with Crippen molar-refractivity contribution in [3.05, 3.63) is 84.6 Å². The number of nitrogens with zero attached hydrogens (tertiary/aromatic N) is 2. The van der Waals surface area contributed by atoms with Crippen LogP contribution >= 0.6 is 0 Å². The topological polar surface area (TPSA) is 54.2 Å². The highest BCUT2D eigenvalue weighted by Crippen LogP contribution is 2.35. The number of hydrogen-bond donors (Lipinski definition) is 1. The minimum Gasteiger partial charge on any atom is -0.384 e. The first kappa shape index (κ1) is 14.1. The molecule has 2 heterocycles. The molecule has 3 nitrogen and oxygen atoms in total. The molecule has 2 aromatic carbocycles. The lowest BCUT2D eigenvalue weighted by atomic mass is 9.99. The molecule has 114 valence electrons. The number of anilines is 1. The van der Waals surface area contributed by atoms with E-state index in [9.17, 15) is 5.26 Å². The molecule has 0 aliphatic carbocycles. The van der Waals surface area contributed by atoms with E-state index in [1.54, 1.807) is 0 Å². The zero-order valence-corrected chi connectivity index (χ0v) is 13.0. The van der Waals surface area contributed by atoms with Crippen LogP contribution in [0.25, 0.3) is 27.8 Å². The van der Waals surface area contributed by atoms with Gasteiger partial charge in [0.2, 0.25) is 0 Å². The van der Waals surface area contributed by atoms with Crippen molar-refractivity contribution in [3.8, 4) is 28.3 Å². The highest BCUT2D eigenvalue weighted by Gasteiger charge is 2.17. The molecule has 0 atom stereocenters. The predicted octanol–water partition coefficient (Wildman–Crippen LogP) is 4.73. The van der Waals surface area contributed by atoms with Gasteiger partial charge >= 0.3 is 0 Å². The monoisotopic (exact) mass is 309 g/mol. The van der Waals surface area contributed by atoms with Crippen molar-refractivity contribution in [2.45, 2.75) is 0 Å². The maximum Gasteiger partial charge on any atom is 0.117 e. The number of nitrogens with two attached hydrogens (primary N) is 1. The number of nitriles is 1. The Morgan fingerprint density at radius 2 is 1.38 bits per heavy atom. The number of aromatic nitrogens is 1. The van der Waals surface area contributed by atoms with E-state index in [0.717, 1.165) is 22.2 Å². The summed E-state index contributed by atoms with van der Waals surface area (Å²) in [7, 11) is 0. The fourth-order valence-corrected chi connectivity index (χ4v) is 3.10. The van der Waals surface area contributed by atoms with Gasteiger partial charge in [-0.15, -0.1) is 0 Å². The molecule has 0 amide bonds. The molecule has 4 aromatic rings. The van der Waals surface area contributed by atoms with Gasteiger partial charge in [-0.25, -0.2) is 0 Å². The van der Waals surface area contributed by atoms with Crippen LogP contribution in [-0.2, 0) is 0 Å². The summed E-state index contributed by atoms with van der Waals surface area (Å²) in [5, 5.41) is 9.60. The molecule has 0 saturated carbocycles. The summed E-state index contributed by atoms with van der Waals surface area (Å²) in [4.78, 5) is 0. The van der Waals surface area contributed by atoms with Gasteiger partial charge in [-0.3, -0.25) is 0 Å². The molecule has 0 aliphatic rings. The highest BCUT2D eigenvalue weighted by molar-refractivity contribution is 5.90. The molecule has 4 rings (SSSR count). The second kappa shape index (κ2) is 5.60. The van der Waals surface area contributed by atoms with Crippen molar-refractivity contribution in [2.24, 2.45) is 0 Å². The van der Waals surface area contributed by atoms with Crippen LogP contribution < -0.4 is 5.73 Å². The van der Waals surface area contributed by atoms with Crippen LogP contribution in [0, 0.1) is 11.3 Å². The molecule has 0 radical (unpaired) electrons. The van der Waals surface area contributed by atoms with E-state index in [1.165, 1.54) is 5.56 Å². The Morgan fingerprint density at radius 1 is 0.750 bits per heavy atom. The number of fused-ring (bicyclic) bond motifs is 1. The summed E-state index contributed by atoms with van der Waals surface area (Å²) < 4.78 is 1.86. The fraction of sp³-hybridized carbons (Fsp3) is 0. The van der Waals surface area contributed by atoms with E-state index >= 15 is 0 Å². The maximum absolute atomic E-state index is 9.60. The predicted molar refractivity (Wildman–Crippen MR) is 97.4 cm³/mol. The van der Waals surface area contributed by atoms with E-state index < -0.39 is 0 Å². The van der Waals surface area contributed by atoms with Gasteiger partial charge in [0, 0.05) is 11.8 Å². The SMILES string of the molecule is N#Cc1c(-c2ccc(-c3ccccc3)cc2)c(N)n2ccccc12. The van der Waals surface area contributed by atoms with Crippen LogP contribution in [0.5, 0.6) is 0 Å². The lowest BCUT2D eigenvalue weighted by Gasteiger charge is -2.05. The van der Waals surface area contributed by atoms with Gasteiger partial charge in [0.1, 0.15) is 11.9 Å². The Kier molecular flexibility index (Phi) is 3.29. The average Bonchev–Trinajstić information content (AvgIpc) is 2.95. The lowest BCUT2D eigenvalue weighted by molar-refractivity contribution is 1.21. The third-order valence-corrected chi connectivity index (χ3v) is 4.27. The first-order valence-corrected chi connectivity index (χ1v) is 7.74. The normalized spacial score (nSPS) is 10.6. The van der Waals surface area contributed by atoms with Gasteiger partial charge in [0.15, 0.2) is 0 Å². The van der Waals surface area contributed by atoms with Crippen LogP contribution in [0.2, 0.25) is 0 Å². The van der Waals surface area contributed by atoms with Crippen molar-refractivity contribution in [1.82, 2.24) is 4.40 Å². The van der Waals surface area contributed by atoms with Gasteiger partial charge in [0.05, 0.1) is 11.1 Å². The highest BCUT2D eigenvalue weighted by atomic mass is 15.0. The number of pyridine rings is 1. The molecule has 0 saturated heterocycles. The summed E-state index contributed by atoms with van der Waals surface area (Å²) in [6.07, 6.45) is 1.88. The van der Waals surface area contributed by atoms with Gasteiger partial charge in [0.25, 0.3) is 0 Å². The first-order valence-electron chi connectivity index (χ1n) is 7.74. The minimum atomic E-state index is 0.592. The van der Waals surface area contributed by atoms with Crippen LogP contribution in [0.15, 0.2) is 79.0 Å². The second-order valence-corrected chi connectivity index (χ2v) is 5.65. The lowest BCUT2D eigenvalue weighted by Crippen LogP contribution is -1.93. The van der Waals surface area contributed by atoms with E-state index in [0.29, 0.717) is 11.4 Å². The summed E-state index contributed by atoms with van der Waals surface area (Å²) >= 11 is 0. The average molecular weight is 309 g/mol. The van der Waals surface area contributed by atoms with E-state index in [1.807, 2.05) is 59.1 Å². The largest absolute Gasteiger partial charge is 0.384 e. The van der Waals surface area contributed by atoms with Gasteiger partial charge in [-0.05, 0) is 28.8 Å². The molecular weight excluding hydrogens is 294 g/mol. The van der Waals surface area contributed by atoms with Crippen molar-refractivity contribution in [1.29, 1.82) is 5.26 Å². The van der Waals surface area contributed by atoms with Crippen molar-refractivity contribution >= 4 is 11.3 Å². The van der Waals surface area contributed by atoms with Crippen molar-refractivity contribution < 1.29 is 0 Å². The fourth-order valence-electron chi connectivity index (χ4n) is 3.10. The van der Waals surface area contributed by atoms with Crippen molar-refractivity contribution in [2.75, 3.05) is 5.73 Å². The third kappa shape index (κ3) is 2.13. The number of rotatable bonds is 2. The van der Waals surface area contributed by atoms with E-state index in [2.05, 4.69) is 30.3 Å². The molecule has 0 spiro atoms. The summed E-state index contributed by atoms with van der Waals surface area (Å²) in [5.41, 5.74) is 11.8. The Labute approximate surface area is 140 Å². The van der Waals surface area contributed by atoms with Crippen molar-refractivity contribution in [3.63, 3.8) is 0 Å². The third-order valence-electron chi connectivity index (χ3n) is 4.27. The summed E-state index contributed by atoms with van der Waals surface area (Å²) in [6.45, 7) is 0. The number of nitrogen functional groups attached to an aromatic ring is 1. The molecule has 0 aliphatic heterocycles. The Morgan fingerprint density at radius 3 is 2.08 bits per heavy atom. The first-order chi connectivity index (χ1) is 11.8. The summed E-state index contributed by atoms with van der Waals surface area (Å²) in [5.74, 6) is 0.592. The second-order valence-electron chi connectivity index (χ2n) is 5.65. The minimum absolute atomic E-state index is 0.592. The number of benzene rings is 2. The Bertz CT molecular complexity index is 1050. The quantitative estimate of drug-likeness (QED) is 0.582. The van der Waals surface area contributed by atoms with Crippen LogP contribution in [-0.4, -0.2) is 4.40 Å². The molecule has 0 bridgehead atoms. The van der Waals surface area contributed by atoms with Gasteiger partial charge in [-0.1, -0.05) is 60.7 Å². The molecule has 24 heavy (non-hydrogen) atoms. The molecule has 3 heteroatoms. The Balaban J connectivity index is 1.87. The van der Waals surface area contributed by atoms with Crippen LogP contribution in [0.4, 0.5) is 5.82 Å². The van der Waals surface area contributed by atoms with E-state index in [-0.39, 0.29) is 0 Å². The molecular formula is C21H15N3. The number of hydrogen-bond acceptors (Lipinski definition) is 2. The van der Waals surface area contributed by atoms with E-state index in [4.69, 9.17) is 5.73 Å². The smallest absolute Gasteiger partial charge is 0.117 e. The standard InChI is InChI=1S/C21H15N3/c22-14-18-19-8-4-5-13-24(19)21(23)20(18)17-11-9-16(10-12-17)15-6-2-1-3-7-15/h1-13H,23H2. The van der Waals surface area contributed by atoms with Gasteiger partial charge in [-0.2, -0.15) is 5.26 Å². The molecule has 0 fully saturated rings. The Hall–Kier alpha value is -3.51.